The van der Waals surface area contributed by atoms with Gasteiger partial charge in [0.15, 0.2) is 40.6 Å². The number of halogens is 4. The molecule has 5 nitrogen and oxygen atoms in total. The summed E-state index contributed by atoms with van der Waals surface area (Å²) in [6.07, 6.45) is 3.37. The second-order valence-electron chi connectivity index (χ2n) is 8.71. The maximum atomic E-state index is 13.8. The van der Waals surface area contributed by atoms with Gasteiger partial charge in [0.2, 0.25) is 0 Å². The van der Waals surface area contributed by atoms with Gasteiger partial charge in [-0.25, -0.2) is 17.6 Å². The Labute approximate surface area is 216 Å². The van der Waals surface area contributed by atoms with E-state index in [2.05, 4.69) is 0 Å². The third kappa shape index (κ3) is 5.94. The van der Waals surface area contributed by atoms with Crippen LogP contribution in [0.15, 0.2) is 65.7 Å². The first-order valence-electron chi connectivity index (χ1n) is 11.8. The number of nitrogens with zero attached hydrogens (tertiary/aromatic N) is 1. The highest BCUT2D eigenvalue weighted by Gasteiger charge is 2.30. The Balaban J connectivity index is 1.73. The van der Waals surface area contributed by atoms with E-state index in [0.717, 1.165) is 24.3 Å². The van der Waals surface area contributed by atoms with E-state index in [0.29, 0.717) is 13.0 Å². The highest BCUT2D eigenvalue weighted by molar-refractivity contribution is 6.16. The molecule has 0 bridgehead atoms. The predicted octanol–water partition coefficient (Wildman–Crippen LogP) is 5.93. The lowest BCUT2D eigenvalue weighted by Crippen LogP contribution is -2.41. The van der Waals surface area contributed by atoms with Gasteiger partial charge in [0, 0.05) is 16.7 Å². The van der Waals surface area contributed by atoms with E-state index in [1.54, 1.807) is 0 Å². The van der Waals surface area contributed by atoms with Crippen LogP contribution < -0.4 is 4.74 Å². The third-order valence-corrected chi connectivity index (χ3v) is 5.83. The fraction of sp³-hybridized carbons (Fsp3) is 0.172. The Kier molecular flexibility index (Phi) is 7.95. The van der Waals surface area contributed by atoms with Crippen LogP contribution in [0.25, 0.3) is 12.2 Å². The molecule has 0 aromatic heterocycles. The molecule has 1 fully saturated rings. The number of carbonyl (C=O) groups excluding carboxylic acids is 2. The molecule has 1 N–H and O–H groups in total. The predicted molar refractivity (Wildman–Crippen MR) is 133 cm³/mol. The highest BCUT2D eigenvalue weighted by Crippen LogP contribution is 2.29. The number of piperidine rings is 1. The van der Waals surface area contributed by atoms with Crippen LogP contribution in [-0.4, -0.2) is 41.4 Å². The average molecular weight is 525 g/mol. The van der Waals surface area contributed by atoms with Crippen LogP contribution in [0.5, 0.6) is 11.5 Å². The van der Waals surface area contributed by atoms with Crippen molar-refractivity contribution >= 4 is 23.8 Å². The van der Waals surface area contributed by atoms with E-state index >= 15 is 0 Å². The number of amides is 1. The summed E-state index contributed by atoms with van der Waals surface area (Å²) < 4.78 is 59.9. The quantitative estimate of drug-likeness (QED) is 0.320. The molecule has 3 aromatic rings. The Bertz CT molecular complexity index is 1390. The lowest BCUT2D eigenvalue weighted by molar-refractivity contribution is -0.113. The van der Waals surface area contributed by atoms with Gasteiger partial charge in [-0.15, -0.1) is 0 Å². The van der Waals surface area contributed by atoms with Gasteiger partial charge in [-0.3, -0.25) is 9.59 Å². The molecule has 3 aromatic carbocycles. The standard InChI is InChI=1S/C29H23F4NO4/c1-2-9-38-27-14-19(5-8-26(27)35)29(37)34-15-20(10-17-3-6-22(30)24(32)12-17)28(36)21(16-34)11-18-4-7-23(31)25(33)13-18/h3-8,10-14,35H,2,9,15-16H2,1H3/b20-10+,21-11+. The van der Waals surface area contributed by atoms with Crippen LogP contribution in [0, 0.1) is 23.3 Å². The SMILES string of the molecule is CCCOc1cc(C(=O)N2C/C(=C\c3ccc(F)c(F)c3)C(=O)/C(=C/c3ccc(F)c(F)c3)C2)ccc1O. The summed E-state index contributed by atoms with van der Waals surface area (Å²) in [5.74, 6) is -5.29. The molecule has 4 rings (SSSR count). The number of hydrogen-bond acceptors (Lipinski definition) is 4. The van der Waals surface area contributed by atoms with Gasteiger partial charge in [0.05, 0.1) is 19.7 Å². The average Bonchev–Trinajstić information content (AvgIpc) is 2.89. The van der Waals surface area contributed by atoms with Crippen molar-refractivity contribution in [3.8, 4) is 11.5 Å². The Morgan fingerprint density at radius 2 is 1.42 bits per heavy atom. The number of phenolic OH excluding ortho intramolecular Hbond substituents is 1. The van der Waals surface area contributed by atoms with Gasteiger partial charge in [-0.2, -0.15) is 0 Å². The number of ether oxygens (including phenoxy) is 1. The van der Waals surface area contributed by atoms with E-state index < -0.39 is 35.0 Å². The molecule has 1 amide bonds. The number of benzene rings is 3. The van der Waals surface area contributed by atoms with Crippen molar-refractivity contribution in [1.29, 1.82) is 0 Å². The zero-order valence-corrected chi connectivity index (χ0v) is 20.3. The molecule has 196 valence electrons. The third-order valence-electron chi connectivity index (χ3n) is 5.83. The van der Waals surface area contributed by atoms with Crippen molar-refractivity contribution < 1.29 is 37.0 Å². The number of phenols is 1. The van der Waals surface area contributed by atoms with Crippen LogP contribution >= 0.6 is 0 Å². The minimum absolute atomic E-state index is 0.102. The second-order valence-corrected chi connectivity index (χ2v) is 8.71. The van der Waals surface area contributed by atoms with Crippen molar-refractivity contribution in [3.05, 3.63) is 106 Å². The molecule has 1 saturated heterocycles. The first-order valence-corrected chi connectivity index (χ1v) is 11.8. The highest BCUT2D eigenvalue weighted by atomic mass is 19.2. The van der Waals surface area contributed by atoms with Crippen molar-refractivity contribution in [3.63, 3.8) is 0 Å². The largest absolute Gasteiger partial charge is 0.504 e. The Morgan fingerprint density at radius 1 is 0.868 bits per heavy atom. The zero-order valence-electron chi connectivity index (χ0n) is 20.3. The zero-order chi connectivity index (χ0) is 27.4. The summed E-state index contributed by atoms with van der Waals surface area (Å²) in [5.41, 5.74) is 0.793. The fourth-order valence-corrected chi connectivity index (χ4v) is 3.95. The number of Topliss-reactive ketones (excluding diaryl/α,β-unsaturated/α-hetero) is 1. The summed E-state index contributed by atoms with van der Waals surface area (Å²) in [5, 5.41) is 10.1. The fourth-order valence-electron chi connectivity index (χ4n) is 3.95. The lowest BCUT2D eigenvalue weighted by Gasteiger charge is -2.30. The molecule has 0 saturated carbocycles. The van der Waals surface area contributed by atoms with Gasteiger partial charge in [0.1, 0.15) is 0 Å². The number of ketones is 1. The number of aromatic hydroxyl groups is 1. The van der Waals surface area contributed by atoms with E-state index in [4.69, 9.17) is 4.74 Å². The Hall–Kier alpha value is -4.40. The monoisotopic (exact) mass is 525 g/mol. The van der Waals surface area contributed by atoms with Crippen molar-refractivity contribution in [1.82, 2.24) is 4.90 Å². The number of hydrogen-bond donors (Lipinski definition) is 1. The first-order chi connectivity index (χ1) is 18.2. The minimum Gasteiger partial charge on any atom is -0.504 e. The molecule has 38 heavy (non-hydrogen) atoms. The molecule has 0 aliphatic carbocycles. The topological polar surface area (TPSA) is 66.8 Å². The van der Waals surface area contributed by atoms with Gasteiger partial charge >= 0.3 is 0 Å². The molecule has 1 aliphatic rings. The maximum absolute atomic E-state index is 13.8. The van der Waals surface area contributed by atoms with Crippen molar-refractivity contribution in [2.24, 2.45) is 0 Å². The molecule has 0 atom stereocenters. The molecule has 0 spiro atoms. The summed E-state index contributed by atoms with van der Waals surface area (Å²) in [6, 6.07) is 10.4. The number of likely N-dealkylation sites (tertiary alicyclic amines) is 1. The number of carbonyl (C=O) groups is 2. The van der Waals surface area contributed by atoms with Gasteiger partial charge in [-0.05, 0) is 72.2 Å². The Morgan fingerprint density at radius 3 is 1.92 bits per heavy atom. The summed E-state index contributed by atoms with van der Waals surface area (Å²) in [6.45, 7) is 1.90. The molecule has 9 heteroatoms. The molecule has 0 radical (unpaired) electrons. The van der Waals surface area contributed by atoms with Crippen molar-refractivity contribution in [2.45, 2.75) is 13.3 Å². The van der Waals surface area contributed by atoms with E-state index in [1.165, 1.54) is 47.4 Å². The smallest absolute Gasteiger partial charge is 0.254 e. The van der Waals surface area contributed by atoms with Crippen LogP contribution in [0.2, 0.25) is 0 Å². The number of rotatable bonds is 6. The second kappa shape index (κ2) is 11.3. The van der Waals surface area contributed by atoms with E-state index in [-0.39, 0.29) is 52.4 Å². The van der Waals surface area contributed by atoms with E-state index in [1.807, 2.05) is 6.92 Å². The maximum Gasteiger partial charge on any atom is 0.254 e. The van der Waals surface area contributed by atoms with Crippen LogP contribution in [0.3, 0.4) is 0 Å². The summed E-state index contributed by atoms with van der Waals surface area (Å²) in [7, 11) is 0. The molecular formula is C29H23F4NO4. The molecular weight excluding hydrogens is 502 g/mol. The first kappa shape index (κ1) is 26.7. The van der Waals surface area contributed by atoms with E-state index in [9.17, 15) is 32.3 Å². The van der Waals surface area contributed by atoms with Crippen LogP contribution in [-0.2, 0) is 4.79 Å². The van der Waals surface area contributed by atoms with Gasteiger partial charge in [-0.1, -0.05) is 19.1 Å². The molecule has 0 unspecified atom stereocenters. The normalized spacial score (nSPS) is 15.8. The van der Waals surface area contributed by atoms with Crippen molar-refractivity contribution in [2.75, 3.05) is 19.7 Å². The van der Waals surface area contributed by atoms with Crippen LogP contribution in [0.4, 0.5) is 17.6 Å². The molecule has 1 aliphatic heterocycles. The van der Waals surface area contributed by atoms with Gasteiger partial charge < -0.3 is 14.7 Å². The molecule has 1 heterocycles. The minimum atomic E-state index is -1.10. The summed E-state index contributed by atoms with van der Waals surface area (Å²) in [4.78, 5) is 28.1. The summed E-state index contributed by atoms with van der Waals surface area (Å²) >= 11 is 0. The van der Waals surface area contributed by atoms with Gasteiger partial charge in [0.25, 0.3) is 5.91 Å². The lowest BCUT2D eigenvalue weighted by atomic mass is 9.93. The van der Waals surface area contributed by atoms with Crippen LogP contribution in [0.1, 0.15) is 34.8 Å².